The van der Waals surface area contributed by atoms with Crippen LogP contribution in [0.25, 0.3) is 0 Å². The summed E-state index contributed by atoms with van der Waals surface area (Å²) in [5, 5.41) is 0. The van der Waals surface area contributed by atoms with E-state index in [-0.39, 0.29) is 22.3 Å². The number of hydrogen-bond donors (Lipinski definition) is 0. The summed E-state index contributed by atoms with van der Waals surface area (Å²) in [5.74, 6) is 0. The zero-order valence-electron chi connectivity index (χ0n) is 54.3. The Labute approximate surface area is 593 Å². The molecule has 102 heavy (non-hydrogen) atoms. The topological polar surface area (TPSA) is 321 Å². The molecule has 5 unspecified atom stereocenters. The minimum atomic E-state index is -7.03. The smallest absolute Gasteiger partial charge is 0.461 e. The molecule has 13 rings (SSSR count). The van der Waals surface area contributed by atoms with Crippen molar-refractivity contribution in [3.05, 3.63) is 287 Å². The standard InChI is InChI=1S/C66H64O28Si8/c1-75-97(61(69)79-45-53-31-15-5-16-32-53)85-95(59(67)77-43-51-27-11-3-12-28-51)86-99(63(71)81-47-55-35-19-7-20-36-55)87-96(60(68)78-44-52-29-13-4-14-30-52)88-100(64(72)82-48-56-37-21-8-22-38-56)93-101(89-97,65(73)83-49-57-39-23-9-24-40-57)90-98(76-2,62(70)80-46-54-33-17-6-18-34-54)91-102(92-99,94-100)66(74)84-50-58-41-25-10-26-42-58/h3-42,95-96H,43-50H2,1-2H3/t95?,96-,97?,98?,99-,100?,101?,102-/m0/s1. The van der Waals surface area contributed by atoms with Crippen LogP contribution >= 0.6 is 0 Å². The second kappa shape index (κ2) is 34.2. The maximum absolute atomic E-state index is 16.5. The molecule has 8 aromatic carbocycles. The van der Waals surface area contributed by atoms with Crippen LogP contribution in [0.2, 0.25) is 0 Å². The fraction of sp³-hybridized carbons (Fsp3) is 0.152. The fourth-order valence-corrected chi connectivity index (χ4v) is 42.8. The third-order valence-corrected chi connectivity index (χ3v) is 42.1. The average Bonchev–Trinajstić information content (AvgIpc) is 0.704. The summed E-state index contributed by atoms with van der Waals surface area (Å²) in [6.07, 6.45) is 0. The van der Waals surface area contributed by atoms with Gasteiger partial charge in [-0.05, 0) is 44.5 Å². The van der Waals surface area contributed by atoms with Crippen LogP contribution in [0.3, 0.4) is 0 Å². The molecule has 5 aliphatic heterocycles. The summed E-state index contributed by atoms with van der Waals surface area (Å²) in [6, 6.07) is 63.5. The van der Waals surface area contributed by atoms with E-state index < -0.39 is 169 Å². The van der Waals surface area contributed by atoms with E-state index in [1.807, 2.05) is 0 Å². The first kappa shape index (κ1) is 74.0. The van der Waals surface area contributed by atoms with Crippen LogP contribution in [0.1, 0.15) is 44.5 Å². The summed E-state index contributed by atoms with van der Waals surface area (Å²) in [7, 11) is -49.8. The molecular formula is C66H64O28Si8. The molecule has 0 aliphatic carbocycles. The Bertz CT molecular complexity index is 4180. The summed E-state index contributed by atoms with van der Waals surface area (Å²) in [6.45, 7) is -5.58. The van der Waals surface area contributed by atoms with E-state index in [0.717, 1.165) is 14.2 Å². The monoisotopic (exact) mass is 1530 g/mol. The highest BCUT2D eigenvalue weighted by atomic mass is 28.6. The highest BCUT2D eigenvalue weighted by Gasteiger charge is 2.86. The number of fused-ring (bicyclic) bond motifs is 4. The predicted molar refractivity (Wildman–Crippen MR) is 367 cm³/mol. The van der Waals surface area contributed by atoms with E-state index in [0.29, 0.717) is 22.3 Å². The van der Waals surface area contributed by atoms with E-state index in [1.54, 1.807) is 194 Å². The van der Waals surface area contributed by atoms with Gasteiger partial charge >= 0.3 is 116 Å². The lowest BCUT2D eigenvalue weighted by Crippen LogP contribution is -2.85. The van der Waals surface area contributed by atoms with Crippen molar-refractivity contribution in [1.29, 1.82) is 0 Å². The first-order valence-electron chi connectivity index (χ1n) is 31.2. The number of hydrogen-bond acceptors (Lipinski definition) is 28. The molecule has 0 spiro atoms. The van der Waals surface area contributed by atoms with Gasteiger partial charge in [0.2, 0.25) is 0 Å². The summed E-state index contributed by atoms with van der Waals surface area (Å²) >= 11 is 0. The Kier molecular flexibility index (Phi) is 24.8. The van der Waals surface area contributed by atoms with Gasteiger partial charge < -0.3 is 87.9 Å². The molecule has 0 radical (unpaired) electrons. The van der Waals surface area contributed by atoms with Crippen LogP contribution in [0.15, 0.2) is 243 Å². The molecule has 4 bridgehead atoms. The molecule has 36 heteroatoms. The van der Waals surface area contributed by atoms with E-state index in [4.69, 9.17) is 87.9 Å². The Morgan fingerprint density at radius 2 is 0.451 bits per heavy atom. The number of rotatable bonds is 26. The van der Waals surface area contributed by atoms with E-state index >= 15 is 38.4 Å². The zero-order chi connectivity index (χ0) is 71.5. The normalized spacial score (nSPS) is 23.7. The highest BCUT2D eigenvalue weighted by molar-refractivity contribution is 7.20. The van der Waals surface area contributed by atoms with Gasteiger partial charge in [0.05, 0.1) is 0 Å². The molecule has 0 aromatic heterocycles. The molecule has 5 saturated heterocycles. The quantitative estimate of drug-likeness (QED) is 0.0359. The third-order valence-electron chi connectivity index (χ3n) is 14.8. The maximum Gasteiger partial charge on any atom is 0.607 e. The first-order chi connectivity index (χ1) is 49.5. The van der Waals surface area contributed by atoms with Crippen molar-refractivity contribution in [3.8, 4) is 0 Å². The number of carbonyl (C=O) groups is 8. The average molecular weight is 1530 g/mol. The van der Waals surface area contributed by atoms with Crippen LogP contribution in [-0.2, 0) is 141 Å². The summed E-state index contributed by atoms with van der Waals surface area (Å²) in [4.78, 5) is 129. The number of carbonyl (C=O) groups excluding carboxylic acids is 8. The molecule has 8 atom stereocenters. The lowest BCUT2D eigenvalue weighted by Gasteiger charge is -2.50. The van der Waals surface area contributed by atoms with Gasteiger partial charge in [-0.15, -0.1) is 0 Å². The molecule has 0 N–H and O–H groups in total. The van der Waals surface area contributed by atoms with Crippen molar-refractivity contribution < 1.29 is 126 Å². The molecular weight excluding hydrogens is 1470 g/mol. The lowest BCUT2D eigenvalue weighted by atomic mass is 10.2. The number of benzene rings is 8. The van der Waals surface area contributed by atoms with Crippen molar-refractivity contribution in [2.45, 2.75) is 52.9 Å². The minimum absolute atomic E-state index is 0.246. The number of ether oxygens (including phenoxy) is 8. The summed E-state index contributed by atoms with van der Waals surface area (Å²) in [5.41, 5.74) is -11.8. The minimum Gasteiger partial charge on any atom is -0.461 e. The van der Waals surface area contributed by atoms with E-state index in [9.17, 15) is 0 Å². The van der Waals surface area contributed by atoms with Gasteiger partial charge in [-0.25, -0.2) is 28.8 Å². The van der Waals surface area contributed by atoms with Gasteiger partial charge in [0.25, 0.3) is 0 Å². The lowest BCUT2D eigenvalue weighted by molar-refractivity contribution is 0.0172. The Balaban J connectivity index is 1.24. The van der Waals surface area contributed by atoms with Gasteiger partial charge in [0.1, 0.15) is 52.9 Å². The summed E-state index contributed by atoms with van der Waals surface area (Å²) < 4.78 is 129. The highest BCUT2D eigenvalue weighted by Crippen LogP contribution is 2.44. The van der Waals surface area contributed by atoms with Crippen LogP contribution in [0.5, 0.6) is 0 Å². The molecule has 28 nitrogen and oxygen atoms in total. The first-order valence-corrected chi connectivity index (χ1v) is 44.6. The zero-order valence-corrected chi connectivity index (χ0v) is 62.6. The van der Waals surface area contributed by atoms with Gasteiger partial charge in [-0.2, -0.15) is 0 Å². The van der Waals surface area contributed by atoms with Gasteiger partial charge in [0.15, 0.2) is 0 Å². The van der Waals surface area contributed by atoms with Crippen molar-refractivity contribution in [1.82, 2.24) is 0 Å². The molecule has 5 heterocycles. The van der Waals surface area contributed by atoms with Crippen LogP contribution in [0.4, 0.5) is 38.4 Å². The SMILES string of the molecule is CO[Si]1(C(=O)OCc2ccccc2)O[SiH](C(=O)OCc2ccccc2)O[Si@@]2(C(=O)OCc3ccccc3)O[Si@H](C(=O)OCc3ccccc3)O[Si]3(C(=O)OCc4ccccc4)O[Si](C(=O)OCc4ccccc4)(O1)O[Si](OC)(C(=O)OCc1ccccc1)O[Si@](C(=O)OCc1ccccc1)(O3)O2. The van der Waals surface area contributed by atoms with Crippen LogP contribution < -0.4 is 0 Å². The van der Waals surface area contributed by atoms with Gasteiger partial charge in [0, 0.05) is 14.2 Å². The molecule has 0 saturated carbocycles. The van der Waals surface area contributed by atoms with Crippen LogP contribution in [-0.4, -0.2) is 130 Å². The third kappa shape index (κ3) is 18.1. The van der Waals surface area contributed by atoms with Crippen molar-refractivity contribution in [2.24, 2.45) is 0 Å². The predicted octanol–water partition coefficient (Wildman–Crippen LogP) is 10.9. The van der Waals surface area contributed by atoms with E-state index in [1.165, 1.54) is 48.5 Å². The maximum atomic E-state index is 16.5. The fourth-order valence-electron chi connectivity index (χ4n) is 9.68. The van der Waals surface area contributed by atoms with Crippen LogP contribution in [0, 0.1) is 0 Å². The molecule has 8 aromatic rings. The Hall–Kier alpha value is -9.22. The van der Waals surface area contributed by atoms with Gasteiger partial charge in [-0.1, -0.05) is 243 Å². The van der Waals surface area contributed by atoms with Crippen molar-refractivity contribution in [2.75, 3.05) is 14.2 Å². The molecule has 0 amide bonds. The Morgan fingerprint density at radius 1 is 0.245 bits per heavy atom. The molecule has 5 aliphatic rings. The molecule has 5 fully saturated rings. The Morgan fingerprint density at radius 3 is 0.745 bits per heavy atom. The molecule has 528 valence electrons. The van der Waals surface area contributed by atoms with Gasteiger partial charge in [-0.3, -0.25) is 9.59 Å². The van der Waals surface area contributed by atoms with E-state index in [2.05, 4.69) is 0 Å². The second-order valence-corrected chi connectivity index (χ2v) is 42.9. The van der Waals surface area contributed by atoms with Crippen molar-refractivity contribution in [3.63, 3.8) is 0 Å². The largest absolute Gasteiger partial charge is 0.607 e. The van der Waals surface area contributed by atoms with Crippen molar-refractivity contribution >= 4 is 116 Å². The second-order valence-electron chi connectivity index (χ2n) is 22.1.